The van der Waals surface area contributed by atoms with Gasteiger partial charge in [-0.15, -0.1) is 0 Å². The predicted octanol–water partition coefficient (Wildman–Crippen LogP) is 5.35. The molecule has 204 valence electrons. The summed E-state index contributed by atoms with van der Waals surface area (Å²) >= 11 is 0. The molecule has 1 unspecified atom stereocenters. The van der Waals surface area contributed by atoms with Gasteiger partial charge in [0, 0.05) is 6.54 Å². The number of hydrogen-bond acceptors (Lipinski definition) is 5. The first-order valence-electron chi connectivity index (χ1n) is 13.3. The maximum atomic E-state index is 13.5. The summed E-state index contributed by atoms with van der Waals surface area (Å²) in [5, 5.41) is 5.51. The summed E-state index contributed by atoms with van der Waals surface area (Å²) < 4.78 is 10.6. The summed E-state index contributed by atoms with van der Waals surface area (Å²) in [5.41, 5.74) is 2.85. The highest BCUT2D eigenvalue weighted by Gasteiger charge is 2.50. The number of benzene rings is 3. The summed E-state index contributed by atoms with van der Waals surface area (Å²) in [7, 11) is 0. The van der Waals surface area contributed by atoms with Crippen LogP contribution in [0.5, 0.6) is 0 Å². The van der Waals surface area contributed by atoms with E-state index in [9.17, 15) is 14.4 Å². The second-order valence-electron chi connectivity index (χ2n) is 9.58. The Bertz CT molecular complexity index is 1210. The zero-order chi connectivity index (χ0) is 27.5. The molecule has 2 N–H and O–H groups in total. The highest BCUT2D eigenvalue weighted by molar-refractivity contribution is 5.88. The average molecular weight is 530 g/mol. The Balaban J connectivity index is 1.26. The Kier molecular flexibility index (Phi) is 9.94. The van der Waals surface area contributed by atoms with E-state index in [4.69, 9.17) is 9.47 Å². The first-order valence-corrected chi connectivity index (χ1v) is 13.3. The van der Waals surface area contributed by atoms with Crippen molar-refractivity contribution in [3.8, 4) is 0 Å². The number of carbonyl (C=O) groups is 3. The largest absolute Gasteiger partial charge is 0.445 e. The van der Waals surface area contributed by atoms with E-state index >= 15 is 0 Å². The molecular weight excluding hydrogens is 494 g/mol. The molecule has 4 rings (SSSR count). The predicted molar refractivity (Wildman–Crippen MR) is 148 cm³/mol. The number of hydrogen-bond donors (Lipinski definition) is 2. The Hall–Kier alpha value is -4.33. The van der Waals surface area contributed by atoms with E-state index < -0.39 is 18.2 Å². The van der Waals surface area contributed by atoms with Gasteiger partial charge < -0.3 is 25.0 Å². The minimum Gasteiger partial charge on any atom is -0.445 e. The third kappa shape index (κ3) is 8.33. The molecule has 1 aliphatic rings. The van der Waals surface area contributed by atoms with Crippen LogP contribution in [0.2, 0.25) is 0 Å². The first-order chi connectivity index (χ1) is 19.0. The third-order valence-corrected chi connectivity index (χ3v) is 6.71. The summed E-state index contributed by atoms with van der Waals surface area (Å²) in [6, 6.07) is 28.0. The number of carbonyl (C=O) groups excluding carboxylic acids is 3. The molecule has 1 saturated heterocycles. The standard InChI is InChI=1S/C31H35N3O5/c1-23-28(26-17-9-4-10-18-26)34(23)29(35)27(33-31(37)39-22-25-15-7-3-8-16-25)19-11-12-20-32-30(36)38-21-24-13-5-2-6-14-24/h2-10,13-18,23,27-28H,11-12,19-22H2,1H3,(H,32,36)(H,33,37)/t23-,27?,28-,34?/m0/s1. The van der Waals surface area contributed by atoms with Crippen molar-refractivity contribution in [2.45, 2.75) is 57.5 Å². The van der Waals surface area contributed by atoms with Crippen LogP contribution in [0, 0.1) is 0 Å². The molecule has 0 aromatic heterocycles. The van der Waals surface area contributed by atoms with Gasteiger partial charge in [-0.05, 0) is 42.9 Å². The van der Waals surface area contributed by atoms with E-state index in [0.29, 0.717) is 25.8 Å². The molecule has 3 aromatic carbocycles. The lowest BCUT2D eigenvalue weighted by Crippen LogP contribution is -2.44. The lowest BCUT2D eigenvalue weighted by atomic mass is 10.1. The van der Waals surface area contributed by atoms with Crippen molar-refractivity contribution in [2.75, 3.05) is 6.54 Å². The average Bonchev–Trinajstić information content (AvgIpc) is 3.65. The fourth-order valence-electron chi connectivity index (χ4n) is 4.56. The lowest BCUT2D eigenvalue weighted by Gasteiger charge is -2.19. The molecule has 39 heavy (non-hydrogen) atoms. The zero-order valence-corrected chi connectivity index (χ0v) is 22.1. The fraction of sp³-hybridized carbons (Fsp3) is 0.323. The summed E-state index contributed by atoms with van der Waals surface area (Å²) in [5.74, 6) is -0.136. The van der Waals surface area contributed by atoms with E-state index in [2.05, 4.69) is 10.6 Å². The molecule has 3 aromatic rings. The molecule has 8 nitrogen and oxygen atoms in total. The maximum absolute atomic E-state index is 13.5. The lowest BCUT2D eigenvalue weighted by molar-refractivity contribution is -0.129. The van der Waals surface area contributed by atoms with Gasteiger partial charge >= 0.3 is 12.2 Å². The van der Waals surface area contributed by atoms with Crippen molar-refractivity contribution in [1.29, 1.82) is 0 Å². The van der Waals surface area contributed by atoms with Crippen molar-refractivity contribution in [3.63, 3.8) is 0 Å². The van der Waals surface area contributed by atoms with Gasteiger partial charge in [0.05, 0.1) is 12.1 Å². The van der Waals surface area contributed by atoms with Crippen LogP contribution in [0.4, 0.5) is 9.59 Å². The number of unbranched alkanes of at least 4 members (excludes halogenated alkanes) is 1. The van der Waals surface area contributed by atoms with Gasteiger partial charge in [0.1, 0.15) is 19.3 Å². The summed E-state index contributed by atoms with van der Waals surface area (Å²) in [6.07, 6.45) is 0.545. The van der Waals surface area contributed by atoms with Crippen LogP contribution in [-0.4, -0.2) is 41.6 Å². The summed E-state index contributed by atoms with van der Waals surface area (Å²) in [4.78, 5) is 39.9. The molecular formula is C31H35N3O5. The van der Waals surface area contributed by atoms with Crippen LogP contribution in [0.25, 0.3) is 0 Å². The van der Waals surface area contributed by atoms with Gasteiger partial charge in [0.2, 0.25) is 5.91 Å². The number of rotatable bonds is 12. The molecule has 0 spiro atoms. The van der Waals surface area contributed by atoms with Gasteiger partial charge in [-0.3, -0.25) is 4.79 Å². The SMILES string of the molecule is C[C@H]1[C@@H](c2ccccc2)N1C(=O)C(CCCCNC(=O)OCc1ccccc1)NC(=O)OCc1ccccc1. The highest BCUT2D eigenvalue weighted by Crippen LogP contribution is 2.43. The normalized spacial score (nSPS) is 16.6. The molecule has 0 saturated carbocycles. The summed E-state index contributed by atoms with van der Waals surface area (Å²) in [6.45, 7) is 2.73. The van der Waals surface area contributed by atoms with Crippen molar-refractivity contribution in [3.05, 3.63) is 108 Å². The Morgan fingerprint density at radius 2 is 1.31 bits per heavy atom. The number of ether oxygens (including phenoxy) is 2. The number of nitrogens with one attached hydrogen (secondary N) is 2. The number of alkyl carbamates (subject to hydrolysis) is 2. The van der Waals surface area contributed by atoms with E-state index in [1.807, 2.05) is 97.9 Å². The molecule has 3 amide bonds. The van der Waals surface area contributed by atoms with Crippen molar-refractivity contribution in [1.82, 2.24) is 15.5 Å². The van der Waals surface area contributed by atoms with Crippen LogP contribution in [-0.2, 0) is 27.5 Å². The molecule has 1 aliphatic heterocycles. The van der Waals surface area contributed by atoms with Crippen LogP contribution in [0.15, 0.2) is 91.0 Å². The second kappa shape index (κ2) is 14.0. The fourth-order valence-corrected chi connectivity index (χ4v) is 4.56. The monoisotopic (exact) mass is 529 g/mol. The number of nitrogens with zero attached hydrogens (tertiary/aromatic N) is 1. The van der Waals surface area contributed by atoms with E-state index in [0.717, 1.165) is 16.7 Å². The third-order valence-electron chi connectivity index (χ3n) is 6.71. The zero-order valence-electron chi connectivity index (χ0n) is 22.1. The molecule has 0 bridgehead atoms. The van der Waals surface area contributed by atoms with Crippen molar-refractivity contribution < 1.29 is 23.9 Å². The Labute approximate surface area is 229 Å². The van der Waals surface area contributed by atoms with Crippen molar-refractivity contribution >= 4 is 18.1 Å². The second-order valence-corrected chi connectivity index (χ2v) is 9.58. The topological polar surface area (TPSA) is 96.7 Å². The van der Waals surface area contributed by atoms with Crippen LogP contribution in [0.1, 0.15) is 48.9 Å². The van der Waals surface area contributed by atoms with Crippen LogP contribution >= 0.6 is 0 Å². The van der Waals surface area contributed by atoms with Gasteiger partial charge in [-0.2, -0.15) is 0 Å². The smallest absolute Gasteiger partial charge is 0.408 e. The highest BCUT2D eigenvalue weighted by atomic mass is 16.6. The Morgan fingerprint density at radius 3 is 1.90 bits per heavy atom. The van der Waals surface area contributed by atoms with E-state index in [1.54, 1.807) is 4.90 Å². The van der Waals surface area contributed by atoms with Crippen LogP contribution < -0.4 is 10.6 Å². The van der Waals surface area contributed by atoms with Crippen molar-refractivity contribution in [2.24, 2.45) is 0 Å². The molecule has 3 atom stereocenters. The molecule has 1 heterocycles. The number of amides is 3. The van der Waals surface area contributed by atoms with Gasteiger partial charge in [-0.1, -0.05) is 91.0 Å². The minimum atomic E-state index is -0.727. The quantitative estimate of drug-likeness (QED) is 0.244. The molecule has 0 radical (unpaired) electrons. The molecule has 8 heteroatoms. The molecule has 1 fully saturated rings. The van der Waals surface area contributed by atoms with E-state index in [-0.39, 0.29) is 31.2 Å². The first kappa shape index (κ1) is 27.7. The Morgan fingerprint density at radius 1 is 0.769 bits per heavy atom. The van der Waals surface area contributed by atoms with Crippen LogP contribution in [0.3, 0.4) is 0 Å². The minimum absolute atomic E-state index is 0.00982. The molecule has 0 aliphatic carbocycles. The van der Waals surface area contributed by atoms with E-state index in [1.165, 1.54) is 0 Å². The van der Waals surface area contributed by atoms with Gasteiger partial charge in [0.25, 0.3) is 0 Å². The van der Waals surface area contributed by atoms with Gasteiger partial charge in [0.15, 0.2) is 0 Å². The maximum Gasteiger partial charge on any atom is 0.408 e. The van der Waals surface area contributed by atoms with Gasteiger partial charge in [-0.25, -0.2) is 9.59 Å².